The van der Waals surface area contributed by atoms with Crippen LogP contribution >= 0.6 is 11.8 Å². The molecule has 0 aliphatic carbocycles. The fraction of sp³-hybridized carbons (Fsp3) is 0.231. The van der Waals surface area contributed by atoms with Crippen LogP contribution in [0.5, 0.6) is 5.75 Å². The number of aliphatic imine (C=N–C) groups is 1. The van der Waals surface area contributed by atoms with Crippen LogP contribution < -0.4 is 15.4 Å². The van der Waals surface area contributed by atoms with E-state index in [1.54, 1.807) is 31.1 Å². The van der Waals surface area contributed by atoms with Gasteiger partial charge in [-0.15, -0.1) is 0 Å². The van der Waals surface area contributed by atoms with Crippen molar-refractivity contribution in [3.8, 4) is 5.75 Å². The number of ether oxygens (including phenoxy) is 1. The van der Waals surface area contributed by atoms with Crippen LogP contribution in [0.2, 0.25) is 0 Å². The van der Waals surface area contributed by atoms with Gasteiger partial charge in [0.1, 0.15) is 5.75 Å². The molecule has 1 heterocycles. The number of carbonyl (C=O) groups is 1. The molecule has 1 aliphatic rings. The molecule has 1 aromatic carbocycles. The lowest BCUT2D eigenvalue weighted by atomic mass is 10.2. The Hall–Kier alpha value is -1.95. The van der Waals surface area contributed by atoms with Crippen molar-refractivity contribution in [2.75, 3.05) is 19.4 Å². The number of rotatable bonds is 3. The molecule has 2 rings (SSSR count). The predicted octanol–water partition coefficient (Wildman–Crippen LogP) is 2.07. The molecule has 0 fully saturated rings. The van der Waals surface area contributed by atoms with E-state index in [2.05, 4.69) is 15.6 Å². The average molecular weight is 277 g/mol. The molecule has 1 aromatic rings. The summed E-state index contributed by atoms with van der Waals surface area (Å²) in [6, 6.07) is 7.28. The lowest BCUT2D eigenvalue weighted by molar-refractivity contribution is 0.248. The minimum atomic E-state index is -0.285. The third-order valence-corrected chi connectivity index (χ3v) is 3.28. The van der Waals surface area contributed by atoms with E-state index in [4.69, 9.17) is 4.74 Å². The van der Waals surface area contributed by atoms with Gasteiger partial charge in [0, 0.05) is 12.0 Å². The molecule has 2 N–H and O–H groups in total. The average Bonchev–Trinajstić information content (AvgIpc) is 2.92. The first-order chi connectivity index (χ1) is 9.28. The number of benzene rings is 1. The van der Waals surface area contributed by atoms with E-state index in [9.17, 15) is 4.79 Å². The maximum absolute atomic E-state index is 11.5. The molecule has 0 saturated heterocycles. The Balaban J connectivity index is 1.83. The van der Waals surface area contributed by atoms with E-state index in [1.807, 2.05) is 24.3 Å². The normalized spacial score (nSPS) is 14.3. The number of carbonyl (C=O) groups excluding carboxylic acids is 1. The third kappa shape index (κ3) is 4.33. The van der Waals surface area contributed by atoms with E-state index in [0.717, 1.165) is 23.6 Å². The first-order valence-corrected chi connectivity index (χ1v) is 6.82. The van der Waals surface area contributed by atoms with Gasteiger partial charge in [0.05, 0.1) is 13.7 Å². The van der Waals surface area contributed by atoms with Crippen LogP contribution in [-0.4, -0.2) is 30.6 Å². The van der Waals surface area contributed by atoms with Crippen LogP contribution in [0.25, 0.3) is 6.08 Å². The summed E-state index contributed by atoms with van der Waals surface area (Å²) in [4.78, 5) is 15.7. The predicted molar refractivity (Wildman–Crippen MR) is 78.5 cm³/mol. The molecule has 0 unspecified atom stereocenters. The van der Waals surface area contributed by atoms with Gasteiger partial charge in [-0.1, -0.05) is 23.9 Å². The van der Waals surface area contributed by atoms with Crippen molar-refractivity contribution < 1.29 is 9.53 Å². The molecule has 0 aromatic heterocycles. The second kappa shape index (κ2) is 6.84. The molecular weight excluding hydrogens is 262 g/mol. The maximum Gasteiger partial charge on any atom is 0.324 e. The number of methoxy groups -OCH3 is 1. The molecule has 0 spiro atoms. The number of thioether (sulfide) groups is 1. The number of nitrogens with one attached hydrogen (secondary N) is 2. The highest BCUT2D eigenvalue weighted by Crippen LogP contribution is 2.13. The molecular formula is C13H15N3O2S. The summed E-state index contributed by atoms with van der Waals surface area (Å²) >= 11 is 1.54. The number of nitrogens with zero attached hydrogens (tertiary/aromatic N) is 1. The van der Waals surface area contributed by atoms with E-state index < -0.39 is 0 Å². The lowest BCUT2D eigenvalue weighted by Crippen LogP contribution is -2.34. The summed E-state index contributed by atoms with van der Waals surface area (Å²) in [5, 5.41) is 5.98. The molecule has 1 aliphatic heterocycles. The first-order valence-electron chi connectivity index (χ1n) is 5.83. The van der Waals surface area contributed by atoms with Crippen LogP contribution in [-0.2, 0) is 0 Å². The number of urea groups is 1. The monoisotopic (exact) mass is 277 g/mol. The van der Waals surface area contributed by atoms with Crippen molar-refractivity contribution in [1.29, 1.82) is 0 Å². The summed E-state index contributed by atoms with van der Waals surface area (Å²) in [5.41, 5.74) is 0.951. The topological polar surface area (TPSA) is 62.7 Å². The summed E-state index contributed by atoms with van der Waals surface area (Å²) in [7, 11) is 1.62. The van der Waals surface area contributed by atoms with Crippen molar-refractivity contribution in [3.63, 3.8) is 0 Å². The quantitative estimate of drug-likeness (QED) is 0.889. The number of amides is 2. The minimum Gasteiger partial charge on any atom is -0.497 e. The SMILES string of the molecule is COc1cccc(/C=C/NC(=O)NC2=NCCS2)c1. The summed E-state index contributed by atoms with van der Waals surface area (Å²) in [5.74, 6) is 1.71. The van der Waals surface area contributed by atoms with Crippen molar-refractivity contribution >= 4 is 29.0 Å². The fourth-order valence-corrected chi connectivity index (χ4v) is 2.23. The molecule has 5 nitrogen and oxygen atoms in total. The lowest BCUT2D eigenvalue weighted by Gasteiger charge is -2.03. The Morgan fingerprint density at radius 2 is 2.42 bits per heavy atom. The highest BCUT2D eigenvalue weighted by atomic mass is 32.2. The molecule has 2 amide bonds. The standard InChI is InChI=1S/C13H15N3O2S/c1-18-11-4-2-3-10(9-11)5-6-14-12(17)16-13-15-7-8-19-13/h2-6,9H,7-8H2,1H3,(H2,14,15,16,17)/b6-5+. The molecule has 100 valence electrons. The smallest absolute Gasteiger partial charge is 0.324 e. The van der Waals surface area contributed by atoms with E-state index in [-0.39, 0.29) is 6.03 Å². The number of hydrogen-bond acceptors (Lipinski definition) is 4. The Labute approximate surface area is 116 Å². The van der Waals surface area contributed by atoms with Crippen LogP contribution in [0, 0.1) is 0 Å². The van der Waals surface area contributed by atoms with Crippen LogP contribution in [0.4, 0.5) is 4.79 Å². The van der Waals surface area contributed by atoms with Gasteiger partial charge >= 0.3 is 6.03 Å². The molecule has 0 atom stereocenters. The second-order valence-electron chi connectivity index (χ2n) is 3.74. The third-order valence-electron chi connectivity index (χ3n) is 2.39. The van der Waals surface area contributed by atoms with Crippen LogP contribution in [0.3, 0.4) is 0 Å². The highest BCUT2D eigenvalue weighted by Gasteiger charge is 2.09. The van der Waals surface area contributed by atoms with Gasteiger partial charge in [0.25, 0.3) is 0 Å². The van der Waals surface area contributed by atoms with E-state index >= 15 is 0 Å². The van der Waals surface area contributed by atoms with Crippen LogP contribution in [0.15, 0.2) is 35.5 Å². The Bertz CT molecular complexity index is 514. The van der Waals surface area contributed by atoms with Gasteiger partial charge in [-0.2, -0.15) is 0 Å². The van der Waals surface area contributed by atoms with Gasteiger partial charge in [0.15, 0.2) is 5.17 Å². The van der Waals surface area contributed by atoms with Crippen molar-refractivity contribution in [2.24, 2.45) is 4.99 Å². The summed E-state index contributed by atoms with van der Waals surface area (Å²) in [6.07, 6.45) is 3.38. The van der Waals surface area contributed by atoms with Gasteiger partial charge in [-0.05, 0) is 23.8 Å². The van der Waals surface area contributed by atoms with Gasteiger partial charge < -0.3 is 10.1 Å². The molecule has 0 bridgehead atoms. The number of amidine groups is 1. The first kappa shape index (κ1) is 13.5. The molecule has 0 saturated carbocycles. The van der Waals surface area contributed by atoms with Gasteiger partial charge in [0.2, 0.25) is 0 Å². The Morgan fingerprint density at radius 1 is 1.53 bits per heavy atom. The van der Waals surface area contributed by atoms with Gasteiger partial charge in [-0.25, -0.2) is 4.79 Å². The second-order valence-corrected chi connectivity index (χ2v) is 4.83. The zero-order valence-corrected chi connectivity index (χ0v) is 11.4. The summed E-state index contributed by atoms with van der Waals surface area (Å²) < 4.78 is 5.12. The fourth-order valence-electron chi connectivity index (χ4n) is 1.50. The maximum atomic E-state index is 11.5. The van der Waals surface area contributed by atoms with Crippen LogP contribution in [0.1, 0.15) is 5.56 Å². The van der Waals surface area contributed by atoms with E-state index in [1.165, 1.54) is 0 Å². The minimum absolute atomic E-state index is 0.285. The zero-order valence-electron chi connectivity index (χ0n) is 10.6. The van der Waals surface area contributed by atoms with Crippen molar-refractivity contribution in [2.45, 2.75) is 0 Å². The highest BCUT2D eigenvalue weighted by molar-refractivity contribution is 8.14. The van der Waals surface area contributed by atoms with Crippen molar-refractivity contribution in [3.05, 3.63) is 36.0 Å². The van der Waals surface area contributed by atoms with Gasteiger partial charge in [-0.3, -0.25) is 10.3 Å². The van der Waals surface area contributed by atoms with E-state index in [0.29, 0.717) is 5.17 Å². The summed E-state index contributed by atoms with van der Waals surface area (Å²) in [6.45, 7) is 0.764. The zero-order chi connectivity index (χ0) is 13.5. The largest absolute Gasteiger partial charge is 0.497 e. The Kier molecular flexibility index (Phi) is 4.85. The van der Waals surface area contributed by atoms with Crippen molar-refractivity contribution in [1.82, 2.24) is 10.6 Å². The molecule has 6 heteroatoms. The molecule has 19 heavy (non-hydrogen) atoms. The number of hydrogen-bond donors (Lipinski definition) is 2. The Morgan fingerprint density at radius 3 is 3.16 bits per heavy atom. The molecule has 0 radical (unpaired) electrons.